The number of carbonyl (C=O) groups excluding carboxylic acids is 1. The van der Waals surface area contributed by atoms with E-state index in [1.165, 1.54) is 24.3 Å². The van der Waals surface area contributed by atoms with Crippen molar-refractivity contribution in [2.75, 3.05) is 10.0 Å². The van der Waals surface area contributed by atoms with Crippen molar-refractivity contribution < 1.29 is 30.8 Å². The highest BCUT2D eigenvalue weighted by molar-refractivity contribution is 7.90. The molecule has 0 aromatic heterocycles. The van der Waals surface area contributed by atoms with E-state index in [9.17, 15) is 30.8 Å². The molecule has 0 bridgehead atoms. The minimum Gasteiger partial charge on any atom is -0.366 e. The fraction of sp³-hybridized carbons (Fsp3) is 0.0952. The standard InChI is InChI=1S/C21H18F4N4O3S/c1-10-5-6-15(14(22)7-10)28-20-13(21(26)30)9-12(18(24)19(20)25)8-11-3-2-4-16(17(11)23)29-33(27,31)32/h2-7,9,28-29H,8H2,1H3,(H2,26,30)(H2,27,31,32). The van der Waals surface area contributed by atoms with E-state index in [-0.39, 0.29) is 11.3 Å². The largest absolute Gasteiger partial charge is 0.366 e. The maximum Gasteiger partial charge on any atom is 0.296 e. The Hall–Kier alpha value is -3.64. The first kappa shape index (κ1) is 24.0. The number of amides is 1. The van der Waals surface area contributed by atoms with Crippen LogP contribution in [0.25, 0.3) is 0 Å². The first-order chi connectivity index (χ1) is 15.4. The maximum absolute atomic E-state index is 14.9. The van der Waals surface area contributed by atoms with Gasteiger partial charge in [0.05, 0.1) is 22.6 Å². The smallest absolute Gasteiger partial charge is 0.296 e. The van der Waals surface area contributed by atoms with Gasteiger partial charge in [0.2, 0.25) is 0 Å². The molecule has 0 saturated heterocycles. The van der Waals surface area contributed by atoms with Crippen LogP contribution in [-0.2, 0) is 16.6 Å². The summed E-state index contributed by atoms with van der Waals surface area (Å²) in [7, 11) is -4.29. The summed E-state index contributed by atoms with van der Waals surface area (Å²) in [6.07, 6.45) is -0.561. The minimum atomic E-state index is -4.29. The average molecular weight is 482 g/mol. The lowest BCUT2D eigenvalue weighted by Crippen LogP contribution is -2.22. The van der Waals surface area contributed by atoms with Gasteiger partial charge in [0.1, 0.15) is 5.82 Å². The Balaban J connectivity index is 2.05. The summed E-state index contributed by atoms with van der Waals surface area (Å²) in [6.45, 7) is 1.63. The molecule has 0 saturated carbocycles. The van der Waals surface area contributed by atoms with Gasteiger partial charge in [0, 0.05) is 6.42 Å². The van der Waals surface area contributed by atoms with E-state index >= 15 is 0 Å². The number of hydrogen-bond acceptors (Lipinski definition) is 4. The summed E-state index contributed by atoms with van der Waals surface area (Å²) in [5.74, 6) is -5.94. The molecule has 12 heteroatoms. The van der Waals surface area contributed by atoms with Gasteiger partial charge in [-0.05, 0) is 47.9 Å². The third-order valence-electron chi connectivity index (χ3n) is 4.64. The number of primary amides is 1. The molecular formula is C21H18F4N4O3S. The summed E-state index contributed by atoms with van der Waals surface area (Å²) < 4.78 is 82.7. The number of nitrogens with one attached hydrogen (secondary N) is 2. The molecule has 7 nitrogen and oxygen atoms in total. The molecule has 1 amide bonds. The molecule has 3 aromatic rings. The Bertz CT molecular complexity index is 1360. The highest BCUT2D eigenvalue weighted by atomic mass is 32.2. The molecule has 0 unspecified atom stereocenters. The number of carbonyl (C=O) groups is 1. The van der Waals surface area contributed by atoms with Crippen LogP contribution in [0.3, 0.4) is 0 Å². The zero-order valence-electron chi connectivity index (χ0n) is 17.0. The Kier molecular flexibility index (Phi) is 6.60. The average Bonchev–Trinajstić information content (AvgIpc) is 2.70. The minimum absolute atomic E-state index is 0.220. The van der Waals surface area contributed by atoms with Gasteiger partial charge in [-0.1, -0.05) is 18.2 Å². The van der Waals surface area contributed by atoms with E-state index in [0.29, 0.717) is 5.56 Å². The first-order valence-electron chi connectivity index (χ1n) is 9.29. The summed E-state index contributed by atoms with van der Waals surface area (Å²) in [5.41, 5.74) is 3.32. The monoisotopic (exact) mass is 482 g/mol. The van der Waals surface area contributed by atoms with Crippen LogP contribution in [0.1, 0.15) is 27.0 Å². The predicted molar refractivity (Wildman–Crippen MR) is 115 cm³/mol. The summed E-state index contributed by atoms with van der Waals surface area (Å²) >= 11 is 0. The van der Waals surface area contributed by atoms with Crippen LogP contribution >= 0.6 is 0 Å². The molecule has 174 valence electrons. The first-order valence-corrected chi connectivity index (χ1v) is 10.8. The third kappa shape index (κ3) is 5.41. The summed E-state index contributed by atoms with van der Waals surface area (Å²) in [6, 6.07) is 8.42. The molecule has 0 heterocycles. The highest BCUT2D eigenvalue weighted by Crippen LogP contribution is 2.32. The molecule has 0 aliphatic carbocycles. The van der Waals surface area contributed by atoms with Crippen LogP contribution in [0.5, 0.6) is 0 Å². The summed E-state index contributed by atoms with van der Waals surface area (Å²) in [4.78, 5) is 11.9. The number of anilines is 3. The van der Waals surface area contributed by atoms with E-state index in [1.54, 1.807) is 11.6 Å². The van der Waals surface area contributed by atoms with Gasteiger partial charge in [-0.25, -0.2) is 22.7 Å². The van der Waals surface area contributed by atoms with Gasteiger partial charge in [0.25, 0.3) is 16.1 Å². The van der Waals surface area contributed by atoms with E-state index in [0.717, 1.165) is 18.2 Å². The number of aryl methyl sites for hydroxylation is 1. The Morgan fingerprint density at radius 1 is 0.939 bits per heavy atom. The van der Waals surface area contributed by atoms with Crippen molar-refractivity contribution in [3.63, 3.8) is 0 Å². The van der Waals surface area contributed by atoms with Crippen molar-refractivity contribution >= 4 is 33.2 Å². The van der Waals surface area contributed by atoms with E-state index in [4.69, 9.17) is 10.9 Å². The van der Waals surface area contributed by atoms with Gasteiger partial charge in [-0.15, -0.1) is 0 Å². The Labute approximate surface area is 186 Å². The van der Waals surface area contributed by atoms with Crippen molar-refractivity contribution in [1.82, 2.24) is 0 Å². The predicted octanol–water partition coefficient (Wildman–Crippen LogP) is 3.60. The van der Waals surface area contributed by atoms with Gasteiger partial charge < -0.3 is 11.1 Å². The molecule has 3 rings (SSSR count). The van der Waals surface area contributed by atoms with Gasteiger partial charge in [0.15, 0.2) is 17.5 Å². The Morgan fingerprint density at radius 2 is 1.64 bits per heavy atom. The zero-order chi connectivity index (χ0) is 24.5. The Morgan fingerprint density at radius 3 is 2.24 bits per heavy atom. The van der Waals surface area contributed by atoms with E-state index in [2.05, 4.69) is 5.32 Å². The normalized spacial score (nSPS) is 11.3. The number of nitrogens with two attached hydrogens (primary N) is 2. The van der Waals surface area contributed by atoms with E-state index < -0.39 is 68.3 Å². The van der Waals surface area contributed by atoms with Crippen LogP contribution in [-0.4, -0.2) is 14.3 Å². The van der Waals surface area contributed by atoms with Gasteiger partial charge in [-0.3, -0.25) is 9.52 Å². The molecule has 33 heavy (non-hydrogen) atoms. The molecule has 0 fully saturated rings. The van der Waals surface area contributed by atoms with Crippen LogP contribution in [0.2, 0.25) is 0 Å². The number of benzene rings is 3. The van der Waals surface area contributed by atoms with Crippen molar-refractivity contribution in [2.24, 2.45) is 10.9 Å². The third-order valence-corrected chi connectivity index (χ3v) is 5.15. The lowest BCUT2D eigenvalue weighted by atomic mass is 9.99. The van der Waals surface area contributed by atoms with Gasteiger partial charge in [-0.2, -0.15) is 8.42 Å². The second-order valence-corrected chi connectivity index (χ2v) is 8.46. The lowest BCUT2D eigenvalue weighted by Gasteiger charge is -2.16. The highest BCUT2D eigenvalue weighted by Gasteiger charge is 2.23. The van der Waals surface area contributed by atoms with Crippen LogP contribution in [0, 0.1) is 30.2 Å². The lowest BCUT2D eigenvalue weighted by molar-refractivity contribution is 0.100. The fourth-order valence-corrected chi connectivity index (χ4v) is 3.60. The molecule has 0 spiro atoms. The second-order valence-electron chi connectivity index (χ2n) is 7.16. The van der Waals surface area contributed by atoms with Gasteiger partial charge >= 0.3 is 0 Å². The fourth-order valence-electron chi connectivity index (χ4n) is 3.13. The van der Waals surface area contributed by atoms with Crippen LogP contribution in [0.15, 0.2) is 42.5 Å². The number of rotatable bonds is 7. The molecule has 0 aliphatic heterocycles. The summed E-state index contributed by atoms with van der Waals surface area (Å²) in [5, 5.41) is 7.18. The maximum atomic E-state index is 14.9. The molecule has 3 aromatic carbocycles. The van der Waals surface area contributed by atoms with Crippen molar-refractivity contribution in [3.05, 3.63) is 88.0 Å². The molecule has 6 N–H and O–H groups in total. The topological polar surface area (TPSA) is 127 Å². The molecule has 0 radical (unpaired) electrons. The van der Waals surface area contributed by atoms with E-state index in [1.807, 2.05) is 0 Å². The number of hydrogen-bond donors (Lipinski definition) is 4. The van der Waals surface area contributed by atoms with Crippen LogP contribution in [0.4, 0.5) is 34.6 Å². The molecular weight excluding hydrogens is 464 g/mol. The zero-order valence-corrected chi connectivity index (χ0v) is 17.9. The molecule has 0 aliphatic rings. The molecule has 0 atom stereocenters. The van der Waals surface area contributed by atoms with Crippen molar-refractivity contribution in [3.8, 4) is 0 Å². The quantitative estimate of drug-likeness (QED) is 0.384. The second kappa shape index (κ2) is 9.08. The SMILES string of the molecule is Cc1ccc(Nc2c(C(N)=O)cc(Cc3cccc(NS(N)(=O)=O)c3F)c(F)c2F)c(F)c1. The van der Waals surface area contributed by atoms with Crippen molar-refractivity contribution in [1.29, 1.82) is 0 Å². The van der Waals surface area contributed by atoms with Crippen molar-refractivity contribution in [2.45, 2.75) is 13.3 Å². The van der Waals surface area contributed by atoms with Crippen LogP contribution < -0.4 is 20.9 Å². The number of halogens is 4.